The molecule has 1 aromatic carbocycles. The third-order valence-corrected chi connectivity index (χ3v) is 3.54. The highest BCUT2D eigenvalue weighted by atomic mass is 35.5. The van der Waals surface area contributed by atoms with E-state index in [-0.39, 0.29) is 6.03 Å². The minimum Gasteiger partial charge on any atom is -0.492 e. The van der Waals surface area contributed by atoms with E-state index in [9.17, 15) is 4.79 Å². The number of likely N-dealkylation sites (N-methyl/N-ethyl adjacent to an activating group) is 1. The molecule has 2 aromatic rings. The number of urea groups is 1. The Morgan fingerprint density at radius 3 is 2.61 bits per heavy atom. The summed E-state index contributed by atoms with van der Waals surface area (Å²) in [7, 11) is 1.77. The van der Waals surface area contributed by atoms with Crippen molar-refractivity contribution in [1.29, 1.82) is 0 Å². The summed E-state index contributed by atoms with van der Waals surface area (Å²) in [6.45, 7) is 1.50. The zero-order valence-corrected chi connectivity index (χ0v) is 13.8. The maximum Gasteiger partial charge on any atom is 0.317 e. The first-order chi connectivity index (χ1) is 11.1. The molecule has 2 amide bonds. The van der Waals surface area contributed by atoms with E-state index in [1.807, 2.05) is 12.1 Å². The molecule has 0 aliphatic carbocycles. The van der Waals surface area contributed by atoms with Crippen LogP contribution in [0.1, 0.15) is 5.56 Å². The smallest absolute Gasteiger partial charge is 0.317 e. The zero-order valence-electron chi connectivity index (χ0n) is 13.0. The number of carbonyl (C=O) groups is 1. The lowest BCUT2D eigenvalue weighted by atomic mass is 10.2. The number of aromatic nitrogens is 1. The average molecular weight is 334 g/mol. The molecule has 0 saturated heterocycles. The molecule has 0 spiro atoms. The fourth-order valence-corrected chi connectivity index (χ4v) is 2.07. The van der Waals surface area contributed by atoms with Gasteiger partial charge in [0, 0.05) is 31.0 Å². The molecular formula is C17H20ClN3O2. The van der Waals surface area contributed by atoms with Gasteiger partial charge >= 0.3 is 6.03 Å². The van der Waals surface area contributed by atoms with E-state index in [4.69, 9.17) is 16.3 Å². The van der Waals surface area contributed by atoms with Crippen molar-refractivity contribution < 1.29 is 9.53 Å². The number of pyridine rings is 1. The second-order valence-corrected chi connectivity index (χ2v) is 5.50. The number of benzene rings is 1. The van der Waals surface area contributed by atoms with Crippen molar-refractivity contribution in [3.05, 3.63) is 59.4 Å². The van der Waals surface area contributed by atoms with E-state index in [0.717, 1.165) is 17.7 Å². The Labute approximate surface area is 141 Å². The van der Waals surface area contributed by atoms with Crippen LogP contribution in [0.2, 0.25) is 5.02 Å². The first-order valence-electron chi connectivity index (χ1n) is 7.41. The first-order valence-corrected chi connectivity index (χ1v) is 7.79. The van der Waals surface area contributed by atoms with Crippen molar-refractivity contribution in [1.82, 2.24) is 15.2 Å². The number of nitrogens with one attached hydrogen (secondary N) is 1. The highest BCUT2D eigenvalue weighted by Crippen LogP contribution is 2.15. The average Bonchev–Trinajstić information content (AvgIpc) is 2.59. The van der Waals surface area contributed by atoms with Crippen LogP contribution in [0, 0.1) is 0 Å². The fourth-order valence-electron chi connectivity index (χ4n) is 1.94. The minimum absolute atomic E-state index is 0.112. The molecule has 1 aromatic heterocycles. The van der Waals surface area contributed by atoms with Crippen LogP contribution >= 0.6 is 11.6 Å². The molecule has 23 heavy (non-hydrogen) atoms. The number of hydrogen-bond donors (Lipinski definition) is 1. The summed E-state index contributed by atoms with van der Waals surface area (Å²) in [5.74, 6) is 0.731. The molecule has 0 radical (unpaired) electrons. The van der Waals surface area contributed by atoms with Gasteiger partial charge in [0.05, 0.1) is 6.54 Å². The molecule has 0 fully saturated rings. The van der Waals surface area contributed by atoms with E-state index >= 15 is 0 Å². The van der Waals surface area contributed by atoms with Gasteiger partial charge in [0.25, 0.3) is 0 Å². The van der Waals surface area contributed by atoms with Gasteiger partial charge in [-0.25, -0.2) is 4.79 Å². The summed E-state index contributed by atoms with van der Waals surface area (Å²) in [5.41, 5.74) is 1.16. The largest absolute Gasteiger partial charge is 0.492 e. The van der Waals surface area contributed by atoms with Crippen molar-refractivity contribution in [2.45, 2.75) is 6.42 Å². The van der Waals surface area contributed by atoms with Gasteiger partial charge < -0.3 is 15.0 Å². The van der Waals surface area contributed by atoms with E-state index in [0.29, 0.717) is 24.7 Å². The van der Waals surface area contributed by atoms with Crippen LogP contribution in [0.3, 0.4) is 0 Å². The van der Waals surface area contributed by atoms with Crippen LogP contribution in [0.15, 0.2) is 48.8 Å². The highest BCUT2D eigenvalue weighted by molar-refractivity contribution is 6.30. The molecule has 0 saturated carbocycles. The lowest BCUT2D eigenvalue weighted by Crippen LogP contribution is -2.40. The molecule has 0 bridgehead atoms. The Hall–Kier alpha value is -2.27. The second kappa shape index (κ2) is 9.00. The first kappa shape index (κ1) is 17.1. The van der Waals surface area contributed by atoms with Crippen LogP contribution in [0.25, 0.3) is 0 Å². The van der Waals surface area contributed by atoms with E-state index in [2.05, 4.69) is 10.3 Å². The Kier molecular flexibility index (Phi) is 6.69. The molecule has 2 rings (SSSR count). The standard InChI is InChI=1S/C17H20ClN3O2/c1-21(12-8-14-6-9-19-10-7-14)17(22)20-11-13-23-16-4-2-15(18)3-5-16/h2-7,9-10H,8,11-13H2,1H3,(H,20,22). The quantitative estimate of drug-likeness (QED) is 0.792. The maximum atomic E-state index is 11.9. The molecule has 0 atom stereocenters. The predicted molar refractivity (Wildman–Crippen MR) is 90.9 cm³/mol. The Balaban J connectivity index is 1.63. The molecule has 5 nitrogen and oxygen atoms in total. The van der Waals surface area contributed by atoms with E-state index in [1.165, 1.54) is 0 Å². The van der Waals surface area contributed by atoms with Gasteiger partial charge in [0.15, 0.2) is 0 Å². The summed E-state index contributed by atoms with van der Waals surface area (Å²) in [5, 5.41) is 3.49. The van der Waals surface area contributed by atoms with E-state index in [1.54, 1.807) is 48.6 Å². The van der Waals surface area contributed by atoms with Crippen LogP contribution in [0.5, 0.6) is 5.75 Å². The van der Waals surface area contributed by atoms with Crippen molar-refractivity contribution >= 4 is 17.6 Å². The normalized spacial score (nSPS) is 10.2. The Morgan fingerprint density at radius 1 is 1.22 bits per heavy atom. The Morgan fingerprint density at radius 2 is 1.91 bits per heavy atom. The van der Waals surface area contributed by atoms with Crippen LogP contribution in [0.4, 0.5) is 4.79 Å². The number of carbonyl (C=O) groups excluding carboxylic acids is 1. The Bertz CT molecular complexity index is 605. The summed E-state index contributed by atoms with van der Waals surface area (Å²) in [4.78, 5) is 17.6. The van der Waals surface area contributed by atoms with Crippen LogP contribution in [-0.2, 0) is 6.42 Å². The monoisotopic (exact) mass is 333 g/mol. The molecule has 122 valence electrons. The van der Waals surface area contributed by atoms with Gasteiger partial charge in [-0.2, -0.15) is 0 Å². The van der Waals surface area contributed by atoms with Gasteiger partial charge in [-0.1, -0.05) is 11.6 Å². The van der Waals surface area contributed by atoms with Crippen molar-refractivity contribution in [3.8, 4) is 5.75 Å². The second-order valence-electron chi connectivity index (χ2n) is 5.06. The fraction of sp³-hybridized carbons (Fsp3) is 0.294. The predicted octanol–water partition coefficient (Wildman–Crippen LogP) is 3.00. The van der Waals surface area contributed by atoms with Crippen LogP contribution in [-0.4, -0.2) is 42.7 Å². The third-order valence-electron chi connectivity index (χ3n) is 3.29. The number of ether oxygens (including phenoxy) is 1. The van der Waals surface area contributed by atoms with Crippen molar-refractivity contribution in [3.63, 3.8) is 0 Å². The minimum atomic E-state index is -0.112. The molecule has 0 aliphatic heterocycles. The number of amides is 2. The molecule has 6 heteroatoms. The molecule has 1 heterocycles. The van der Waals surface area contributed by atoms with Gasteiger partial charge in [-0.05, 0) is 48.4 Å². The maximum absolute atomic E-state index is 11.9. The summed E-state index contributed by atoms with van der Waals surface area (Å²) < 4.78 is 5.52. The van der Waals surface area contributed by atoms with Gasteiger partial charge in [0.1, 0.15) is 12.4 Å². The lowest BCUT2D eigenvalue weighted by molar-refractivity contribution is 0.206. The summed E-state index contributed by atoms with van der Waals surface area (Å²) in [6.07, 6.45) is 4.31. The van der Waals surface area contributed by atoms with Gasteiger partial charge in [-0.3, -0.25) is 4.98 Å². The SMILES string of the molecule is CN(CCc1ccncc1)C(=O)NCCOc1ccc(Cl)cc1. The number of halogens is 1. The number of rotatable bonds is 7. The third kappa shape index (κ3) is 6.16. The summed E-state index contributed by atoms with van der Waals surface area (Å²) >= 11 is 5.80. The van der Waals surface area contributed by atoms with Crippen molar-refractivity contribution in [2.75, 3.05) is 26.7 Å². The molecule has 0 unspecified atom stereocenters. The molecule has 0 aliphatic rings. The molecular weight excluding hydrogens is 314 g/mol. The van der Waals surface area contributed by atoms with Gasteiger partial charge in [0.2, 0.25) is 0 Å². The lowest BCUT2D eigenvalue weighted by Gasteiger charge is -2.18. The molecule has 1 N–H and O–H groups in total. The topological polar surface area (TPSA) is 54.5 Å². The van der Waals surface area contributed by atoms with Crippen molar-refractivity contribution in [2.24, 2.45) is 0 Å². The highest BCUT2D eigenvalue weighted by Gasteiger charge is 2.07. The number of nitrogens with zero attached hydrogens (tertiary/aromatic N) is 2. The zero-order chi connectivity index (χ0) is 16.5. The number of hydrogen-bond acceptors (Lipinski definition) is 3. The van der Waals surface area contributed by atoms with Crippen LogP contribution < -0.4 is 10.1 Å². The van der Waals surface area contributed by atoms with E-state index < -0.39 is 0 Å². The summed E-state index contributed by atoms with van der Waals surface area (Å²) in [6, 6.07) is 10.9. The van der Waals surface area contributed by atoms with Gasteiger partial charge in [-0.15, -0.1) is 0 Å².